The zero-order chi connectivity index (χ0) is 15.3. The molecule has 7 heteroatoms. The van der Waals surface area contributed by atoms with Gasteiger partial charge in [0.05, 0.1) is 4.90 Å². The number of hydrogen-bond donors (Lipinski definition) is 2. The lowest BCUT2D eigenvalue weighted by Gasteiger charge is -2.22. The molecule has 1 atom stereocenters. The number of carbonyl (C=O) groups excluding carboxylic acids is 1. The van der Waals surface area contributed by atoms with Crippen LogP contribution in [0.3, 0.4) is 0 Å². The Morgan fingerprint density at radius 2 is 2.05 bits per heavy atom. The van der Waals surface area contributed by atoms with Crippen LogP contribution in [0.1, 0.15) is 12.8 Å². The minimum absolute atomic E-state index is 0.112. The minimum Gasteiger partial charge on any atom is -0.355 e. The number of halogens is 1. The van der Waals surface area contributed by atoms with Crippen molar-refractivity contribution in [3.8, 4) is 0 Å². The lowest BCUT2D eigenvalue weighted by Crippen LogP contribution is -2.39. The van der Waals surface area contributed by atoms with Gasteiger partial charge < -0.3 is 10.6 Å². The first-order valence-corrected chi connectivity index (χ1v) is 8.96. The number of nitrogens with one attached hydrogen (secondary N) is 2. The van der Waals surface area contributed by atoms with Crippen LogP contribution in [-0.2, 0) is 14.6 Å². The van der Waals surface area contributed by atoms with Crippen LogP contribution in [0.4, 0.5) is 0 Å². The Bertz CT molecular complexity index is 581. The molecule has 21 heavy (non-hydrogen) atoms. The van der Waals surface area contributed by atoms with Gasteiger partial charge in [-0.3, -0.25) is 4.79 Å². The zero-order valence-corrected chi connectivity index (χ0v) is 13.2. The molecule has 1 aliphatic rings. The predicted octanol–water partition coefficient (Wildman–Crippen LogP) is 1.23. The molecule has 1 aromatic carbocycles. The van der Waals surface area contributed by atoms with Gasteiger partial charge in [-0.2, -0.15) is 0 Å². The van der Waals surface area contributed by atoms with Gasteiger partial charge in [0.1, 0.15) is 5.75 Å². The average Bonchev–Trinajstić information content (AvgIpc) is 2.46. The summed E-state index contributed by atoms with van der Waals surface area (Å²) in [4.78, 5) is 11.9. The van der Waals surface area contributed by atoms with E-state index in [1.54, 1.807) is 0 Å². The van der Waals surface area contributed by atoms with Crippen molar-refractivity contribution >= 4 is 27.3 Å². The summed E-state index contributed by atoms with van der Waals surface area (Å²) in [5.74, 6) is -0.620. The highest BCUT2D eigenvalue weighted by Gasteiger charge is 2.20. The number of rotatable bonds is 5. The SMILES string of the molecule is O=C(CS(=O)(=O)c1ccc(Cl)cc1)NCC1CCCNC1. The van der Waals surface area contributed by atoms with Crippen molar-refractivity contribution in [2.24, 2.45) is 5.92 Å². The molecule has 0 aromatic heterocycles. The largest absolute Gasteiger partial charge is 0.355 e. The van der Waals surface area contributed by atoms with Gasteiger partial charge in [0.15, 0.2) is 9.84 Å². The highest BCUT2D eigenvalue weighted by molar-refractivity contribution is 7.92. The normalized spacial score (nSPS) is 19.2. The molecule has 2 N–H and O–H groups in total. The second-order valence-corrected chi connectivity index (χ2v) is 7.66. The molecule has 116 valence electrons. The molecular formula is C14H19ClN2O3S. The third kappa shape index (κ3) is 4.98. The summed E-state index contributed by atoms with van der Waals surface area (Å²) < 4.78 is 24.2. The molecule has 1 aromatic rings. The Labute approximate surface area is 130 Å². The molecule has 1 amide bonds. The van der Waals surface area contributed by atoms with Crippen molar-refractivity contribution in [3.05, 3.63) is 29.3 Å². The van der Waals surface area contributed by atoms with E-state index < -0.39 is 21.5 Å². The standard InChI is InChI=1S/C14H19ClN2O3S/c15-12-3-5-13(6-4-12)21(19,20)10-14(18)17-9-11-2-1-7-16-8-11/h3-6,11,16H,1-2,7-10H2,(H,17,18). The summed E-state index contributed by atoms with van der Waals surface area (Å²) in [5.41, 5.74) is 0. The maximum absolute atomic E-state index is 12.1. The van der Waals surface area contributed by atoms with Gasteiger partial charge in [-0.25, -0.2) is 8.42 Å². The van der Waals surface area contributed by atoms with E-state index in [1.165, 1.54) is 24.3 Å². The third-order valence-corrected chi connectivity index (χ3v) is 5.37. The molecule has 0 radical (unpaired) electrons. The van der Waals surface area contributed by atoms with E-state index in [-0.39, 0.29) is 4.90 Å². The zero-order valence-electron chi connectivity index (χ0n) is 11.6. The van der Waals surface area contributed by atoms with E-state index in [9.17, 15) is 13.2 Å². The third-order valence-electron chi connectivity index (χ3n) is 3.48. The van der Waals surface area contributed by atoms with E-state index in [1.807, 2.05) is 0 Å². The Morgan fingerprint density at radius 3 is 2.67 bits per heavy atom. The van der Waals surface area contributed by atoms with Gasteiger partial charge in [-0.05, 0) is 56.1 Å². The molecule has 2 rings (SSSR count). The monoisotopic (exact) mass is 330 g/mol. The number of benzene rings is 1. The molecule has 0 spiro atoms. The fourth-order valence-electron chi connectivity index (χ4n) is 2.31. The summed E-state index contributed by atoms with van der Waals surface area (Å²) >= 11 is 5.72. The molecule has 0 bridgehead atoms. The van der Waals surface area contributed by atoms with E-state index >= 15 is 0 Å². The fourth-order valence-corrected chi connectivity index (χ4v) is 3.60. The van der Waals surface area contributed by atoms with Crippen molar-refractivity contribution in [1.82, 2.24) is 10.6 Å². The second-order valence-electron chi connectivity index (χ2n) is 5.23. The second kappa shape index (κ2) is 7.24. The van der Waals surface area contributed by atoms with Crippen LogP contribution in [0.25, 0.3) is 0 Å². The molecule has 1 fully saturated rings. The van der Waals surface area contributed by atoms with Crippen LogP contribution < -0.4 is 10.6 Å². The number of amides is 1. The Morgan fingerprint density at radius 1 is 1.33 bits per heavy atom. The number of hydrogen-bond acceptors (Lipinski definition) is 4. The molecule has 1 unspecified atom stereocenters. The van der Waals surface area contributed by atoms with Gasteiger partial charge >= 0.3 is 0 Å². The van der Waals surface area contributed by atoms with E-state index in [4.69, 9.17) is 11.6 Å². The van der Waals surface area contributed by atoms with Crippen molar-refractivity contribution in [1.29, 1.82) is 0 Å². The van der Waals surface area contributed by atoms with Crippen molar-refractivity contribution in [2.45, 2.75) is 17.7 Å². The lowest BCUT2D eigenvalue weighted by molar-refractivity contribution is -0.118. The summed E-state index contributed by atoms with van der Waals surface area (Å²) in [5, 5.41) is 6.42. The number of sulfone groups is 1. The topological polar surface area (TPSA) is 75.3 Å². The maximum atomic E-state index is 12.1. The van der Waals surface area contributed by atoms with Gasteiger partial charge in [-0.1, -0.05) is 11.6 Å². The van der Waals surface area contributed by atoms with Crippen LogP contribution in [0.15, 0.2) is 29.2 Å². The van der Waals surface area contributed by atoms with Crippen LogP contribution in [-0.4, -0.2) is 39.7 Å². The summed E-state index contributed by atoms with van der Waals surface area (Å²) in [6.07, 6.45) is 2.14. The molecule has 1 heterocycles. The van der Waals surface area contributed by atoms with Crippen molar-refractivity contribution in [2.75, 3.05) is 25.4 Å². The average molecular weight is 331 g/mol. The maximum Gasteiger partial charge on any atom is 0.235 e. The van der Waals surface area contributed by atoms with E-state index in [0.717, 1.165) is 25.9 Å². The fraction of sp³-hybridized carbons (Fsp3) is 0.500. The van der Waals surface area contributed by atoms with Crippen LogP contribution in [0, 0.1) is 5.92 Å². The number of piperidine rings is 1. The van der Waals surface area contributed by atoms with Gasteiger partial charge in [0.25, 0.3) is 0 Å². The highest BCUT2D eigenvalue weighted by Crippen LogP contribution is 2.15. The van der Waals surface area contributed by atoms with Gasteiger partial charge in [0, 0.05) is 11.6 Å². The molecule has 1 aliphatic heterocycles. The smallest absolute Gasteiger partial charge is 0.235 e. The van der Waals surface area contributed by atoms with E-state index in [0.29, 0.717) is 17.5 Å². The van der Waals surface area contributed by atoms with Crippen LogP contribution >= 0.6 is 11.6 Å². The Kier molecular flexibility index (Phi) is 5.61. The quantitative estimate of drug-likeness (QED) is 0.851. The Hall–Kier alpha value is -1.11. The summed E-state index contributed by atoms with van der Waals surface area (Å²) in [6.45, 7) is 2.39. The summed E-state index contributed by atoms with van der Waals surface area (Å²) in [7, 11) is -3.62. The first kappa shape index (κ1) is 16.3. The highest BCUT2D eigenvalue weighted by atomic mass is 35.5. The van der Waals surface area contributed by atoms with Gasteiger partial charge in [0.2, 0.25) is 5.91 Å². The van der Waals surface area contributed by atoms with Gasteiger partial charge in [-0.15, -0.1) is 0 Å². The predicted molar refractivity (Wildman–Crippen MR) is 82.1 cm³/mol. The van der Waals surface area contributed by atoms with Crippen LogP contribution in [0.5, 0.6) is 0 Å². The molecule has 0 saturated carbocycles. The Balaban J connectivity index is 1.87. The first-order chi connectivity index (χ1) is 9.97. The summed E-state index contributed by atoms with van der Waals surface area (Å²) in [6, 6.07) is 5.83. The van der Waals surface area contributed by atoms with E-state index in [2.05, 4.69) is 10.6 Å². The van der Waals surface area contributed by atoms with Crippen LogP contribution in [0.2, 0.25) is 5.02 Å². The van der Waals surface area contributed by atoms with Crippen molar-refractivity contribution < 1.29 is 13.2 Å². The lowest BCUT2D eigenvalue weighted by atomic mass is 10.00. The molecule has 1 saturated heterocycles. The molecular weight excluding hydrogens is 312 g/mol. The molecule has 5 nitrogen and oxygen atoms in total. The van der Waals surface area contributed by atoms with Crippen molar-refractivity contribution in [3.63, 3.8) is 0 Å². The first-order valence-electron chi connectivity index (χ1n) is 6.93. The minimum atomic E-state index is -3.62. The molecule has 0 aliphatic carbocycles. The number of carbonyl (C=O) groups is 1.